The van der Waals surface area contributed by atoms with Gasteiger partial charge in [-0.1, -0.05) is 20.8 Å². The van der Waals surface area contributed by atoms with Crippen LogP contribution in [0.2, 0.25) is 0 Å². The van der Waals surface area contributed by atoms with Crippen LogP contribution in [-0.4, -0.2) is 35.5 Å². The summed E-state index contributed by atoms with van der Waals surface area (Å²) in [5.41, 5.74) is -0.123. The van der Waals surface area contributed by atoms with Gasteiger partial charge in [-0.05, 0) is 18.8 Å². The van der Waals surface area contributed by atoms with Crippen molar-refractivity contribution in [1.82, 2.24) is 10.6 Å². The van der Waals surface area contributed by atoms with Crippen LogP contribution in [0.1, 0.15) is 47.0 Å². The van der Waals surface area contributed by atoms with E-state index in [9.17, 15) is 14.4 Å². The first-order chi connectivity index (χ1) is 8.61. The summed E-state index contributed by atoms with van der Waals surface area (Å²) in [6.07, 6.45) is 0.748. The predicted molar refractivity (Wildman–Crippen MR) is 71.6 cm³/mol. The van der Waals surface area contributed by atoms with E-state index in [1.165, 1.54) is 0 Å². The molecule has 0 aromatic rings. The summed E-state index contributed by atoms with van der Waals surface area (Å²) in [5.74, 6) is -1.35. The third-order valence-corrected chi connectivity index (χ3v) is 2.33. The first-order valence-corrected chi connectivity index (χ1v) is 6.40. The molecule has 0 saturated carbocycles. The molecule has 2 amide bonds. The van der Waals surface area contributed by atoms with Crippen LogP contribution >= 0.6 is 0 Å². The molecule has 0 aromatic heterocycles. The van der Waals surface area contributed by atoms with Gasteiger partial charge in [-0.3, -0.25) is 14.4 Å². The molecule has 110 valence electrons. The predicted octanol–water partition coefficient (Wildman–Crippen LogP) is 0.908. The van der Waals surface area contributed by atoms with Crippen molar-refractivity contribution < 1.29 is 19.5 Å². The van der Waals surface area contributed by atoms with Crippen molar-refractivity contribution in [1.29, 1.82) is 0 Å². The average molecular weight is 272 g/mol. The van der Waals surface area contributed by atoms with Gasteiger partial charge in [0.2, 0.25) is 11.8 Å². The van der Waals surface area contributed by atoms with E-state index in [4.69, 9.17) is 5.11 Å². The molecule has 6 nitrogen and oxygen atoms in total. The van der Waals surface area contributed by atoms with E-state index in [0.717, 1.165) is 0 Å². The molecule has 0 radical (unpaired) electrons. The maximum absolute atomic E-state index is 11.6. The van der Waals surface area contributed by atoms with Crippen LogP contribution in [0.15, 0.2) is 0 Å². The van der Waals surface area contributed by atoms with Gasteiger partial charge in [0.1, 0.15) is 6.04 Å². The van der Waals surface area contributed by atoms with Gasteiger partial charge in [-0.15, -0.1) is 0 Å². The minimum absolute atomic E-state index is 0.0189. The molecule has 0 fully saturated rings. The Hall–Kier alpha value is -1.59. The maximum Gasteiger partial charge on any atom is 0.303 e. The summed E-state index contributed by atoms with van der Waals surface area (Å²) in [6.45, 7) is 7.74. The summed E-state index contributed by atoms with van der Waals surface area (Å²) in [4.78, 5) is 33.5. The zero-order valence-electron chi connectivity index (χ0n) is 12.1. The molecule has 0 spiro atoms. The Morgan fingerprint density at radius 1 is 1.21 bits per heavy atom. The highest BCUT2D eigenvalue weighted by molar-refractivity contribution is 5.87. The Labute approximate surface area is 113 Å². The molecule has 0 heterocycles. The quantitative estimate of drug-likeness (QED) is 0.600. The molecule has 1 atom stereocenters. The molecular weight excluding hydrogens is 248 g/mol. The number of carbonyl (C=O) groups is 3. The molecule has 19 heavy (non-hydrogen) atoms. The Balaban J connectivity index is 3.93. The molecule has 0 aliphatic heterocycles. The second-order valence-corrected chi connectivity index (χ2v) is 5.81. The van der Waals surface area contributed by atoms with E-state index in [0.29, 0.717) is 19.4 Å². The largest absolute Gasteiger partial charge is 0.481 e. The zero-order valence-corrected chi connectivity index (χ0v) is 12.1. The first-order valence-electron chi connectivity index (χ1n) is 6.40. The highest BCUT2D eigenvalue weighted by Crippen LogP contribution is 2.17. The monoisotopic (exact) mass is 272 g/mol. The third kappa shape index (κ3) is 10.1. The van der Waals surface area contributed by atoms with Crippen LogP contribution in [0.25, 0.3) is 0 Å². The Bertz CT molecular complexity index is 334. The van der Waals surface area contributed by atoms with Gasteiger partial charge in [-0.25, -0.2) is 0 Å². The molecular formula is C13H24N2O4. The lowest BCUT2D eigenvalue weighted by Crippen LogP contribution is -2.45. The van der Waals surface area contributed by atoms with Gasteiger partial charge >= 0.3 is 5.97 Å². The van der Waals surface area contributed by atoms with E-state index < -0.39 is 12.0 Å². The highest BCUT2D eigenvalue weighted by Gasteiger charge is 2.20. The van der Waals surface area contributed by atoms with Crippen LogP contribution in [-0.2, 0) is 14.4 Å². The number of hydrogen-bond donors (Lipinski definition) is 3. The van der Waals surface area contributed by atoms with Crippen molar-refractivity contribution in [3.05, 3.63) is 0 Å². The number of carbonyl (C=O) groups excluding carboxylic acids is 2. The minimum atomic E-state index is -0.888. The molecule has 0 saturated heterocycles. The average Bonchev–Trinajstić information content (AvgIpc) is 2.20. The normalized spacial score (nSPS) is 12.6. The fourth-order valence-corrected chi connectivity index (χ4v) is 1.44. The lowest BCUT2D eigenvalue weighted by Gasteiger charge is -2.19. The molecule has 6 heteroatoms. The summed E-state index contributed by atoms with van der Waals surface area (Å²) >= 11 is 0. The molecule has 0 bridgehead atoms. The van der Waals surface area contributed by atoms with Gasteiger partial charge in [0.25, 0.3) is 0 Å². The van der Waals surface area contributed by atoms with Gasteiger partial charge in [0, 0.05) is 19.4 Å². The lowest BCUT2D eigenvalue weighted by molar-refractivity contribution is -0.137. The summed E-state index contributed by atoms with van der Waals surface area (Å²) in [5, 5.41) is 13.7. The van der Waals surface area contributed by atoms with E-state index >= 15 is 0 Å². The summed E-state index contributed by atoms with van der Waals surface area (Å²) < 4.78 is 0. The summed E-state index contributed by atoms with van der Waals surface area (Å²) in [6, 6.07) is -0.611. The maximum atomic E-state index is 11.6. The van der Waals surface area contributed by atoms with E-state index in [1.54, 1.807) is 6.92 Å². The molecule has 0 rings (SSSR count). The zero-order chi connectivity index (χ0) is 15.1. The SMILES string of the molecule is CC(NC(=O)CC(C)(C)C)C(=O)NCCCC(=O)O. The van der Waals surface area contributed by atoms with Crippen molar-refractivity contribution in [2.75, 3.05) is 6.54 Å². The van der Waals surface area contributed by atoms with Crippen LogP contribution in [0.4, 0.5) is 0 Å². The number of nitrogens with one attached hydrogen (secondary N) is 2. The molecule has 3 N–H and O–H groups in total. The van der Waals surface area contributed by atoms with E-state index in [2.05, 4.69) is 10.6 Å². The van der Waals surface area contributed by atoms with E-state index in [1.807, 2.05) is 20.8 Å². The molecule has 1 unspecified atom stereocenters. The third-order valence-electron chi connectivity index (χ3n) is 2.33. The van der Waals surface area contributed by atoms with Crippen molar-refractivity contribution in [2.24, 2.45) is 5.41 Å². The van der Waals surface area contributed by atoms with Crippen LogP contribution < -0.4 is 10.6 Å². The van der Waals surface area contributed by atoms with Crippen LogP contribution in [0, 0.1) is 5.41 Å². The Morgan fingerprint density at radius 3 is 2.26 bits per heavy atom. The van der Waals surface area contributed by atoms with Crippen molar-refractivity contribution in [3.63, 3.8) is 0 Å². The Morgan fingerprint density at radius 2 is 1.79 bits per heavy atom. The second kappa shape index (κ2) is 7.76. The number of hydrogen-bond acceptors (Lipinski definition) is 3. The molecule has 0 aliphatic carbocycles. The van der Waals surface area contributed by atoms with Gasteiger partial charge in [0.15, 0.2) is 0 Å². The van der Waals surface area contributed by atoms with Crippen molar-refractivity contribution >= 4 is 17.8 Å². The standard InChI is InChI=1S/C13H24N2O4/c1-9(15-10(16)8-13(2,3)4)12(19)14-7-5-6-11(17)18/h9H,5-8H2,1-4H3,(H,14,19)(H,15,16)(H,17,18). The minimum Gasteiger partial charge on any atom is -0.481 e. The molecule has 0 aromatic carbocycles. The Kier molecular flexibility index (Phi) is 7.11. The van der Waals surface area contributed by atoms with Gasteiger partial charge < -0.3 is 15.7 Å². The number of amides is 2. The molecule has 0 aliphatic rings. The summed E-state index contributed by atoms with van der Waals surface area (Å²) in [7, 11) is 0. The van der Waals surface area contributed by atoms with Gasteiger partial charge in [0.05, 0.1) is 0 Å². The lowest BCUT2D eigenvalue weighted by atomic mass is 9.92. The van der Waals surface area contributed by atoms with E-state index in [-0.39, 0.29) is 23.7 Å². The smallest absolute Gasteiger partial charge is 0.303 e. The fourth-order valence-electron chi connectivity index (χ4n) is 1.44. The number of aliphatic carboxylic acids is 1. The van der Waals surface area contributed by atoms with Crippen LogP contribution in [0.5, 0.6) is 0 Å². The van der Waals surface area contributed by atoms with Gasteiger partial charge in [-0.2, -0.15) is 0 Å². The number of rotatable bonds is 7. The number of carboxylic acid groups (broad SMARTS) is 1. The first kappa shape index (κ1) is 17.4. The number of carboxylic acids is 1. The highest BCUT2D eigenvalue weighted by atomic mass is 16.4. The fraction of sp³-hybridized carbons (Fsp3) is 0.769. The van der Waals surface area contributed by atoms with Crippen molar-refractivity contribution in [3.8, 4) is 0 Å². The second-order valence-electron chi connectivity index (χ2n) is 5.81. The van der Waals surface area contributed by atoms with Crippen molar-refractivity contribution in [2.45, 2.75) is 53.0 Å². The topological polar surface area (TPSA) is 95.5 Å². The van der Waals surface area contributed by atoms with Crippen LogP contribution in [0.3, 0.4) is 0 Å².